The third-order valence-corrected chi connectivity index (χ3v) is 4.32. The van der Waals surface area contributed by atoms with Gasteiger partial charge in [0.2, 0.25) is 0 Å². The monoisotopic (exact) mass is 384 g/mol. The van der Waals surface area contributed by atoms with Gasteiger partial charge in [-0.1, -0.05) is 11.6 Å². The van der Waals surface area contributed by atoms with Crippen LogP contribution in [0.3, 0.4) is 0 Å². The number of amides is 1. The molecule has 2 heterocycles. The van der Waals surface area contributed by atoms with E-state index in [-0.39, 0.29) is 10.9 Å². The zero-order chi connectivity index (χ0) is 19.2. The molecule has 3 aromatic rings. The maximum atomic E-state index is 13.2. The number of aromatic nitrogens is 2. The van der Waals surface area contributed by atoms with Crippen LogP contribution in [0, 0.1) is 5.82 Å². The lowest BCUT2D eigenvalue weighted by atomic mass is 10.2. The molecule has 0 aliphatic rings. The standard InChI is InChI=1S/C20H18ClFN4O/c1-26(11-8-14-6-9-23-10-7-14)20(27)15-2-5-19(24-13-15)25-16-3-4-18(22)17(21)12-16/h2-7,9-10,12-13H,8,11H2,1H3,(H,24,25). The lowest BCUT2D eigenvalue weighted by molar-refractivity contribution is 0.0796. The van der Waals surface area contributed by atoms with Gasteiger partial charge in [0.25, 0.3) is 5.91 Å². The van der Waals surface area contributed by atoms with Crippen LogP contribution in [0.2, 0.25) is 5.02 Å². The summed E-state index contributed by atoms with van der Waals surface area (Å²) in [6, 6.07) is 11.6. The Kier molecular flexibility index (Phi) is 5.98. The molecule has 0 spiro atoms. The lowest BCUT2D eigenvalue weighted by Gasteiger charge is -2.17. The van der Waals surface area contributed by atoms with E-state index in [9.17, 15) is 9.18 Å². The van der Waals surface area contributed by atoms with Crippen LogP contribution >= 0.6 is 11.6 Å². The van der Waals surface area contributed by atoms with Gasteiger partial charge < -0.3 is 10.2 Å². The molecule has 0 fully saturated rings. The SMILES string of the molecule is CN(CCc1ccncc1)C(=O)c1ccc(Nc2ccc(F)c(Cl)c2)nc1. The van der Waals surface area contributed by atoms with E-state index >= 15 is 0 Å². The van der Waals surface area contributed by atoms with Gasteiger partial charge in [0.1, 0.15) is 11.6 Å². The highest BCUT2D eigenvalue weighted by atomic mass is 35.5. The number of hydrogen-bond donors (Lipinski definition) is 1. The average Bonchev–Trinajstić information content (AvgIpc) is 2.70. The molecule has 0 bridgehead atoms. The Hall–Kier alpha value is -2.99. The second-order valence-corrected chi connectivity index (χ2v) is 6.43. The first kappa shape index (κ1) is 18.8. The van der Waals surface area contributed by atoms with Crippen molar-refractivity contribution < 1.29 is 9.18 Å². The van der Waals surface area contributed by atoms with E-state index < -0.39 is 5.82 Å². The molecule has 138 valence electrons. The van der Waals surface area contributed by atoms with E-state index in [1.165, 1.54) is 18.3 Å². The zero-order valence-electron chi connectivity index (χ0n) is 14.7. The Morgan fingerprint density at radius 3 is 2.63 bits per heavy atom. The van der Waals surface area contributed by atoms with Crippen LogP contribution in [0.25, 0.3) is 0 Å². The number of pyridine rings is 2. The summed E-state index contributed by atoms with van der Waals surface area (Å²) in [7, 11) is 1.76. The van der Waals surface area contributed by atoms with E-state index in [1.54, 1.807) is 42.5 Å². The predicted octanol–water partition coefficient (Wildman–Crippen LogP) is 4.33. The molecule has 0 radical (unpaired) electrons. The zero-order valence-corrected chi connectivity index (χ0v) is 15.4. The molecule has 5 nitrogen and oxygen atoms in total. The number of halogens is 2. The maximum Gasteiger partial charge on any atom is 0.255 e. The second-order valence-electron chi connectivity index (χ2n) is 6.02. The Balaban J connectivity index is 1.60. The highest BCUT2D eigenvalue weighted by Gasteiger charge is 2.12. The van der Waals surface area contributed by atoms with Crippen LogP contribution in [0.15, 0.2) is 61.1 Å². The average molecular weight is 385 g/mol. The van der Waals surface area contributed by atoms with Crippen molar-refractivity contribution in [3.63, 3.8) is 0 Å². The summed E-state index contributed by atoms with van der Waals surface area (Å²) in [5.74, 6) is -0.0486. The van der Waals surface area contributed by atoms with Crippen LogP contribution in [0.4, 0.5) is 15.9 Å². The third kappa shape index (κ3) is 5.01. The lowest BCUT2D eigenvalue weighted by Crippen LogP contribution is -2.28. The molecule has 1 aromatic carbocycles. The fraction of sp³-hybridized carbons (Fsp3) is 0.150. The van der Waals surface area contributed by atoms with Gasteiger partial charge in [0, 0.05) is 37.9 Å². The number of benzene rings is 1. The topological polar surface area (TPSA) is 58.1 Å². The molecule has 27 heavy (non-hydrogen) atoms. The normalized spacial score (nSPS) is 10.5. The second kappa shape index (κ2) is 8.60. The van der Waals surface area contributed by atoms with Crippen LogP contribution in [0.5, 0.6) is 0 Å². The molecule has 7 heteroatoms. The van der Waals surface area contributed by atoms with Crippen molar-refractivity contribution in [3.8, 4) is 0 Å². The Morgan fingerprint density at radius 2 is 1.96 bits per heavy atom. The summed E-state index contributed by atoms with van der Waals surface area (Å²) in [6.07, 6.45) is 5.74. The van der Waals surface area contributed by atoms with E-state index in [2.05, 4.69) is 15.3 Å². The number of carbonyl (C=O) groups excluding carboxylic acids is 1. The summed E-state index contributed by atoms with van der Waals surface area (Å²) in [6.45, 7) is 0.594. The molecule has 3 rings (SSSR count). The Bertz CT molecular complexity index is 919. The van der Waals surface area contributed by atoms with Crippen LogP contribution in [-0.2, 0) is 6.42 Å². The molecule has 0 aliphatic carbocycles. The molecule has 1 amide bonds. The largest absolute Gasteiger partial charge is 0.341 e. The number of nitrogens with zero attached hydrogens (tertiary/aromatic N) is 3. The summed E-state index contributed by atoms with van der Waals surface area (Å²) in [5, 5.41) is 3.05. The minimum Gasteiger partial charge on any atom is -0.341 e. The first-order valence-electron chi connectivity index (χ1n) is 8.35. The third-order valence-electron chi connectivity index (χ3n) is 4.03. The predicted molar refractivity (Wildman–Crippen MR) is 104 cm³/mol. The van der Waals surface area contributed by atoms with Crippen LogP contribution in [0.1, 0.15) is 15.9 Å². The Morgan fingerprint density at radius 1 is 1.19 bits per heavy atom. The maximum absolute atomic E-state index is 13.2. The minimum absolute atomic E-state index is 0.0302. The molecular formula is C20H18ClFN4O. The first-order valence-corrected chi connectivity index (χ1v) is 8.73. The van der Waals surface area contributed by atoms with E-state index in [4.69, 9.17) is 11.6 Å². The van der Waals surface area contributed by atoms with Crippen molar-refractivity contribution in [2.45, 2.75) is 6.42 Å². The molecule has 0 saturated carbocycles. The van der Waals surface area contributed by atoms with Crippen molar-refractivity contribution in [2.24, 2.45) is 0 Å². The quantitative estimate of drug-likeness (QED) is 0.687. The summed E-state index contributed by atoms with van der Waals surface area (Å²) < 4.78 is 13.2. The van der Waals surface area contributed by atoms with E-state index in [0.29, 0.717) is 23.6 Å². The van der Waals surface area contributed by atoms with E-state index in [1.807, 2.05) is 12.1 Å². The van der Waals surface area contributed by atoms with Gasteiger partial charge in [0.15, 0.2) is 0 Å². The van der Waals surface area contributed by atoms with Crippen molar-refractivity contribution in [3.05, 3.63) is 83.0 Å². The number of anilines is 2. The summed E-state index contributed by atoms with van der Waals surface area (Å²) in [4.78, 5) is 22.4. The van der Waals surface area contributed by atoms with Crippen molar-refractivity contribution >= 4 is 29.0 Å². The van der Waals surface area contributed by atoms with E-state index in [0.717, 1.165) is 12.0 Å². The summed E-state index contributed by atoms with van der Waals surface area (Å²) in [5.41, 5.74) is 2.23. The molecule has 1 N–H and O–H groups in total. The van der Waals surface area contributed by atoms with Gasteiger partial charge in [-0.2, -0.15) is 0 Å². The molecular weight excluding hydrogens is 367 g/mol. The minimum atomic E-state index is -0.481. The highest BCUT2D eigenvalue weighted by Crippen LogP contribution is 2.22. The number of rotatable bonds is 6. The molecule has 2 aromatic heterocycles. The van der Waals surface area contributed by atoms with Gasteiger partial charge in [-0.15, -0.1) is 0 Å². The van der Waals surface area contributed by atoms with Crippen molar-refractivity contribution in [1.29, 1.82) is 0 Å². The van der Waals surface area contributed by atoms with Gasteiger partial charge in [-0.05, 0) is 54.4 Å². The van der Waals surface area contributed by atoms with Gasteiger partial charge in [0.05, 0.1) is 10.6 Å². The fourth-order valence-corrected chi connectivity index (χ4v) is 2.66. The van der Waals surface area contributed by atoms with Crippen LogP contribution in [-0.4, -0.2) is 34.4 Å². The summed E-state index contributed by atoms with van der Waals surface area (Å²) >= 11 is 5.77. The number of nitrogens with one attached hydrogen (secondary N) is 1. The fourth-order valence-electron chi connectivity index (χ4n) is 2.48. The number of likely N-dealkylation sites (N-methyl/N-ethyl adjacent to an activating group) is 1. The van der Waals surface area contributed by atoms with Gasteiger partial charge in [-0.25, -0.2) is 9.37 Å². The van der Waals surface area contributed by atoms with Gasteiger partial charge >= 0.3 is 0 Å². The molecule has 0 aliphatic heterocycles. The van der Waals surface area contributed by atoms with Crippen LogP contribution < -0.4 is 5.32 Å². The molecule has 0 unspecified atom stereocenters. The Labute approximate surface area is 161 Å². The number of carbonyl (C=O) groups is 1. The molecule has 0 saturated heterocycles. The smallest absolute Gasteiger partial charge is 0.255 e. The highest BCUT2D eigenvalue weighted by molar-refractivity contribution is 6.31. The van der Waals surface area contributed by atoms with Crippen molar-refractivity contribution in [2.75, 3.05) is 18.9 Å². The van der Waals surface area contributed by atoms with Crippen molar-refractivity contribution in [1.82, 2.24) is 14.9 Å². The number of hydrogen-bond acceptors (Lipinski definition) is 4. The van der Waals surface area contributed by atoms with Gasteiger partial charge in [-0.3, -0.25) is 9.78 Å². The molecule has 0 atom stereocenters. The first-order chi connectivity index (χ1) is 13.0.